The van der Waals surface area contributed by atoms with Crippen molar-refractivity contribution in [2.24, 2.45) is 0 Å². The zero-order chi connectivity index (χ0) is 23.6. The van der Waals surface area contributed by atoms with Gasteiger partial charge in [0, 0.05) is 38.9 Å². The Balaban J connectivity index is 1.52. The Hall–Kier alpha value is -3.86. The number of nitrogens with zero attached hydrogens (tertiary/aromatic N) is 3. The van der Waals surface area contributed by atoms with Crippen molar-refractivity contribution in [3.05, 3.63) is 59.8 Å². The molecule has 0 spiro atoms. The van der Waals surface area contributed by atoms with Crippen LogP contribution in [0.2, 0.25) is 0 Å². The summed E-state index contributed by atoms with van der Waals surface area (Å²) in [5.41, 5.74) is 2.16. The molecule has 1 aliphatic heterocycles. The van der Waals surface area contributed by atoms with Crippen molar-refractivity contribution in [2.75, 3.05) is 59.0 Å². The number of anilines is 1. The van der Waals surface area contributed by atoms with Gasteiger partial charge in [0.15, 0.2) is 11.5 Å². The van der Waals surface area contributed by atoms with Crippen LogP contribution in [0, 0.1) is 11.3 Å². The number of carbonyl (C=O) groups is 1. The predicted octanol–water partition coefficient (Wildman–Crippen LogP) is 2.60. The molecule has 0 saturated carbocycles. The fraction of sp³-hybridized carbons (Fsp3) is 0.360. The van der Waals surface area contributed by atoms with E-state index in [4.69, 9.17) is 14.2 Å². The summed E-state index contributed by atoms with van der Waals surface area (Å²) in [4.78, 5) is 16.8. The maximum atomic E-state index is 12.5. The molecule has 2 aromatic rings. The van der Waals surface area contributed by atoms with Gasteiger partial charge in [-0.25, -0.2) is 0 Å². The number of piperazine rings is 1. The lowest BCUT2D eigenvalue weighted by Gasteiger charge is -2.36. The van der Waals surface area contributed by atoms with Crippen molar-refractivity contribution in [3.8, 4) is 23.3 Å². The highest BCUT2D eigenvalue weighted by Gasteiger charge is 2.19. The Kier molecular flexibility index (Phi) is 8.42. The number of carbonyl (C=O) groups excluding carboxylic acids is 1. The van der Waals surface area contributed by atoms with Crippen LogP contribution in [0.1, 0.15) is 5.56 Å². The molecule has 1 amide bonds. The highest BCUT2D eigenvalue weighted by molar-refractivity contribution is 5.97. The number of para-hydroxylation sites is 2. The molecular weight excluding hydrogens is 420 g/mol. The van der Waals surface area contributed by atoms with E-state index in [-0.39, 0.29) is 11.5 Å². The summed E-state index contributed by atoms with van der Waals surface area (Å²) in [5.74, 6) is 1.77. The van der Waals surface area contributed by atoms with E-state index < -0.39 is 0 Å². The van der Waals surface area contributed by atoms with Crippen LogP contribution in [0.15, 0.2) is 54.2 Å². The Bertz CT molecular complexity index is 1020. The molecule has 174 valence electrons. The molecule has 0 aliphatic carbocycles. The van der Waals surface area contributed by atoms with Gasteiger partial charge in [-0.3, -0.25) is 4.79 Å². The van der Waals surface area contributed by atoms with E-state index in [1.54, 1.807) is 27.5 Å². The molecule has 1 N–H and O–H groups in total. The van der Waals surface area contributed by atoms with Crippen LogP contribution in [0.25, 0.3) is 0 Å². The lowest BCUT2D eigenvalue weighted by Crippen LogP contribution is -2.44. The first-order chi connectivity index (χ1) is 16.1. The van der Waals surface area contributed by atoms with Crippen LogP contribution in [0.5, 0.6) is 17.2 Å². The van der Waals surface area contributed by atoms with Crippen molar-refractivity contribution < 1.29 is 19.0 Å². The Labute approximate surface area is 195 Å². The second-order valence-corrected chi connectivity index (χ2v) is 7.54. The van der Waals surface area contributed by atoms with Gasteiger partial charge in [-0.1, -0.05) is 18.2 Å². The van der Waals surface area contributed by atoms with E-state index in [1.165, 1.54) is 0 Å². The van der Waals surface area contributed by atoms with E-state index in [0.717, 1.165) is 30.1 Å². The first kappa shape index (κ1) is 23.8. The molecule has 1 heterocycles. The summed E-state index contributed by atoms with van der Waals surface area (Å²) in [7, 11) is 4.84. The van der Waals surface area contributed by atoms with Crippen molar-refractivity contribution in [3.63, 3.8) is 0 Å². The number of benzene rings is 2. The number of amides is 1. The minimum Gasteiger partial charge on any atom is -0.495 e. The maximum Gasteiger partial charge on any atom is 0.263 e. The number of nitrogens with one attached hydrogen (secondary N) is 1. The third-order valence-electron chi connectivity index (χ3n) is 5.56. The van der Waals surface area contributed by atoms with Gasteiger partial charge in [0.2, 0.25) is 0 Å². The molecule has 0 atom stereocenters. The summed E-state index contributed by atoms with van der Waals surface area (Å²) in [6.45, 7) is 3.38. The molecule has 0 unspecified atom stereocenters. The second kappa shape index (κ2) is 11.7. The summed E-state index contributed by atoms with van der Waals surface area (Å²) < 4.78 is 16.0. The molecule has 0 radical (unpaired) electrons. The molecule has 0 aromatic heterocycles. The lowest BCUT2D eigenvalue weighted by atomic mass is 10.1. The number of ether oxygens (including phenoxy) is 3. The number of hydrogen-bond acceptors (Lipinski definition) is 7. The third-order valence-corrected chi connectivity index (χ3v) is 5.56. The minimum absolute atomic E-state index is 0.105. The van der Waals surface area contributed by atoms with Gasteiger partial charge >= 0.3 is 0 Å². The van der Waals surface area contributed by atoms with Gasteiger partial charge in [0.05, 0.1) is 27.0 Å². The molecule has 1 saturated heterocycles. The Morgan fingerprint density at radius 2 is 1.70 bits per heavy atom. The average Bonchev–Trinajstić information content (AvgIpc) is 2.87. The molecule has 0 bridgehead atoms. The summed E-state index contributed by atoms with van der Waals surface area (Å²) in [5, 5.41) is 12.3. The largest absolute Gasteiger partial charge is 0.495 e. The quantitative estimate of drug-likeness (QED) is 0.464. The van der Waals surface area contributed by atoms with Crippen molar-refractivity contribution >= 4 is 11.6 Å². The lowest BCUT2D eigenvalue weighted by molar-refractivity contribution is -0.117. The van der Waals surface area contributed by atoms with E-state index in [1.807, 2.05) is 53.4 Å². The number of nitriles is 1. The minimum atomic E-state index is -0.370. The van der Waals surface area contributed by atoms with Crippen LogP contribution < -0.4 is 24.4 Å². The number of rotatable bonds is 9. The Morgan fingerprint density at radius 1 is 1.00 bits per heavy atom. The van der Waals surface area contributed by atoms with E-state index in [2.05, 4.69) is 10.2 Å². The molecule has 1 aliphatic rings. The molecule has 1 fully saturated rings. The fourth-order valence-electron chi connectivity index (χ4n) is 3.76. The van der Waals surface area contributed by atoms with Gasteiger partial charge in [-0.2, -0.15) is 5.26 Å². The standard InChI is InChI=1S/C25H30N4O4/c1-31-22-7-5-4-6-21(22)29-14-12-28(13-15-29)18-20(17-26)25(30)27-11-10-19-8-9-23(32-2)24(16-19)33-3/h4-9,16,18H,10-15H2,1-3H3,(H,27,30)/b20-18-. The van der Waals surface area contributed by atoms with Crippen LogP contribution in [0.3, 0.4) is 0 Å². The maximum absolute atomic E-state index is 12.5. The summed E-state index contributed by atoms with van der Waals surface area (Å²) >= 11 is 0. The molecule has 8 heteroatoms. The van der Waals surface area contributed by atoms with Gasteiger partial charge < -0.3 is 29.3 Å². The predicted molar refractivity (Wildman–Crippen MR) is 127 cm³/mol. The highest BCUT2D eigenvalue weighted by Crippen LogP contribution is 2.29. The third kappa shape index (κ3) is 6.10. The molecular formula is C25H30N4O4. The van der Waals surface area contributed by atoms with Gasteiger partial charge in [-0.15, -0.1) is 0 Å². The van der Waals surface area contributed by atoms with Crippen molar-refractivity contribution in [1.82, 2.24) is 10.2 Å². The Morgan fingerprint density at radius 3 is 2.36 bits per heavy atom. The van der Waals surface area contributed by atoms with E-state index in [0.29, 0.717) is 37.6 Å². The zero-order valence-corrected chi connectivity index (χ0v) is 19.3. The highest BCUT2D eigenvalue weighted by atomic mass is 16.5. The number of hydrogen-bond donors (Lipinski definition) is 1. The van der Waals surface area contributed by atoms with Crippen LogP contribution >= 0.6 is 0 Å². The monoisotopic (exact) mass is 450 g/mol. The topological polar surface area (TPSA) is 87.1 Å². The van der Waals surface area contributed by atoms with Crippen molar-refractivity contribution in [1.29, 1.82) is 5.26 Å². The molecule has 8 nitrogen and oxygen atoms in total. The summed E-state index contributed by atoms with van der Waals surface area (Å²) in [6, 6.07) is 15.6. The van der Waals surface area contributed by atoms with Gasteiger partial charge in [-0.05, 0) is 36.2 Å². The molecule has 2 aromatic carbocycles. The van der Waals surface area contributed by atoms with Gasteiger partial charge in [0.25, 0.3) is 5.91 Å². The SMILES string of the molecule is COc1ccc(CCNC(=O)/C(C#N)=C\N2CCN(c3ccccc3OC)CC2)cc1OC. The first-order valence-electron chi connectivity index (χ1n) is 10.8. The van der Waals surface area contributed by atoms with Crippen LogP contribution in [0.4, 0.5) is 5.69 Å². The molecule has 3 rings (SSSR count). The molecule has 33 heavy (non-hydrogen) atoms. The van der Waals surface area contributed by atoms with E-state index >= 15 is 0 Å². The van der Waals surface area contributed by atoms with Gasteiger partial charge in [0.1, 0.15) is 17.4 Å². The fourth-order valence-corrected chi connectivity index (χ4v) is 3.76. The first-order valence-corrected chi connectivity index (χ1v) is 10.8. The normalized spacial score (nSPS) is 13.8. The van der Waals surface area contributed by atoms with Crippen LogP contribution in [-0.4, -0.2) is 64.9 Å². The van der Waals surface area contributed by atoms with Crippen LogP contribution in [-0.2, 0) is 11.2 Å². The smallest absolute Gasteiger partial charge is 0.263 e. The second-order valence-electron chi connectivity index (χ2n) is 7.54. The average molecular weight is 451 g/mol. The van der Waals surface area contributed by atoms with E-state index in [9.17, 15) is 10.1 Å². The summed E-state index contributed by atoms with van der Waals surface area (Å²) in [6.07, 6.45) is 2.27. The zero-order valence-electron chi connectivity index (χ0n) is 19.3. The van der Waals surface area contributed by atoms with Crippen molar-refractivity contribution in [2.45, 2.75) is 6.42 Å². The number of methoxy groups -OCH3 is 3.